The lowest BCUT2D eigenvalue weighted by atomic mass is 10.1. The molecule has 0 amide bonds. The van der Waals surface area contributed by atoms with Crippen LogP contribution in [0.2, 0.25) is 0 Å². The molecule has 142 valence electrons. The van der Waals surface area contributed by atoms with Crippen molar-refractivity contribution in [2.45, 2.75) is 30.5 Å². The Balaban J connectivity index is 1.69. The molecule has 1 heterocycles. The number of aliphatic hydroxyl groups is 1. The van der Waals surface area contributed by atoms with Crippen LogP contribution in [-0.2, 0) is 25.3 Å². The fraction of sp³-hybridized carbons (Fsp3) is 0.250. The summed E-state index contributed by atoms with van der Waals surface area (Å²) in [5.41, 5.74) is 2.39. The van der Waals surface area contributed by atoms with Crippen LogP contribution >= 0.6 is 11.8 Å². The zero-order valence-corrected chi connectivity index (χ0v) is 15.7. The van der Waals surface area contributed by atoms with Gasteiger partial charge >= 0.3 is 0 Å². The van der Waals surface area contributed by atoms with Crippen LogP contribution in [0.15, 0.2) is 53.8 Å². The van der Waals surface area contributed by atoms with Crippen molar-refractivity contribution in [2.75, 3.05) is 7.11 Å². The van der Waals surface area contributed by atoms with Crippen molar-refractivity contribution < 1.29 is 18.6 Å². The number of ether oxygens (including phenoxy) is 1. The first-order chi connectivity index (χ1) is 13.1. The van der Waals surface area contributed by atoms with Crippen molar-refractivity contribution in [2.24, 2.45) is 0 Å². The smallest absolute Gasteiger partial charge is 0.168 e. The van der Waals surface area contributed by atoms with Crippen molar-refractivity contribution >= 4 is 11.8 Å². The summed E-state index contributed by atoms with van der Waals surface area (Å²) >= 11 is 1.38. The quantitative estimate of drug-likeness (QED) is 0.586. The van der Waals surface area contributed by atoms with E-state index in [1.54, 1.807) is 13.3 Å². The predicted octanol–water partition coefficient (Wildman–Crippen LogP) is 4.20. The Morgan fingerprint density at radius 1 is 1.07 bits per heavy atom. The second kappa shape index (κ2) is 9.01. The molecule has 1 aromatic heterocycles. The van der Waals surface area contributed by atoms with E-state index in [-0.39, 0.29) is 6.61 Å². The minimum Gasteiger partial charge on any atom is -0.497 e. The molecule has 0 aliphatic heterocycles. The van der Waals surface area contributed by atoms with Crippen LogP contribution in [0.1, 0.15) is 16.8 Å². The van der Waals surface area contributed by atoms with Gasteiger partial charge < -0.3 is 14.4 Å². The highest BCUT2D eigenvalue weighted by molar-refractivity contribution is 7.98. The SMILES string of the molecule is COc1ccc(CCn2c(CO)cnc2SCc2cc(F)cc(F)c2)cc1. The van der Waals surface area contributed by atoms with Gasteiger partial charge in [0.15, 0.2) is 5.16 Å². The predicted molar refractivity (Wildman–Crippen MR) is 101 cm³/mol. The van der Waals surface area contributed by atoms with E-state index in [1.807, 2.05) is 28.8 Å². The van der Waals surface area contributed by atoms with E-state index in [0.29, 0.717) is 28.7 Å². The molecule has 2 aromatic carbocycles. The number of benzene rings is 2. The number of rotatable bonds is 8. The second-order valence-electron chi connectivity index (χ2n) is 6.01. The van der Waals surface area contributed by atoms with Crippen molar-refractivity contribution in [1.29, 1.82) is 0 Å². The number of methoxy groups -OCH3 is 1. The van der Waals surface area contributed by atoms with E-state index in [0.717, 1.165) is 23.8 Å². The Morgan fingerprint density at radius 3 is 2.41 bits per heavy atom. The van der Waals surface area contributed by atoms with Crippen LogP contribution in [-0.4, -0.2) is 21.8 Å². The van der Waals surface area contributed by atoms with Crippen LogP contribution in [0.25, 0.3) is 0 Å². The molecule has 0 aliphatic rings. The van der Waals surface area contributed by atoms with Crippen molar-refractivity contribution in [3.8, 4) is 5.75 Å². The molecule has 0 bridgehead atoms. The molecule has 4 nitrogen and oxygen atoms in total. The highest BCUT2D eigenvalue weighted by Crippen LogP contribution is 2.24. The van der Waals surface area contributed by atoms with Crippen LogP contribution in [0.4, 0.5) is 8.78 Å². The minimum atomic E-state index is -0.593. The molecule has 0 saturated heterocycles. The molecule has 0 unspecified atom stereocenters. The lowest BCUT2D eigenvalue weighted by Crippen LogP contribution is -2.07. The van der Waals surface area contributed by atoms with Crippen LogP contribution in [0.3, 0.4) is 0 Å². The largest absolute Gasteiger partial charge is 0.497 e. The topological polar surface area (TPSA) is 47.3 Å². The lowest BCUT2D eigenvalue weighted by Gasteiger charge is -2.11. The van der Waals surface area contributed by atoms with Gasteiger partial charge in [-0.3, -0.25) is 0 Å². The first-order valence-electron chi connectivity index (χ1n) is 8.45. The number of thioether (sulfide) groups is 1. The van der Waals surface area contributed by atoms with Crippen molar-refractivity contribution in [3.05, 3.63) is 77.1 Å². The number of imidazole rings is 1. The number of aryl methyl sites for hydroxylation is 1. The molecule has 0 radical (unpaired) electrons. The van der Waals surface area contributed by atoms with E-state index in [4.69, 9.17) is 4.74 Å². The average Bonchev–Trinajstić information content (AvgIpc) is 3.06. The molecule has 0 spiro atoms. The van der Waals surface area contributed by atoms with Crippen LogP contribution < -0.4 is 4.74 Å². The molecule has 0 aliphatic carbocycles. The van der Waals surface area contributed by atoms with Gasteiger partial charge in [-0.15, -0.1) is 0 Å². The Labute approximate surface area is 160 Å². The maximum Gasteiger partial charge on any atom is 0.168 e. The molecule has 3 aromatic rings. The number of nitrogens with zero attached hydrogens (tertiary/aromatic N) is 2. The first-order valence-corrected chi connectivity index (χ1v) is 9.43. The summed E-state index contributed by atoms with van der Waals surface area (Å²) in [7, 11) is 1.63. The summed E-state index contributed by atoms with van der Waals surface area (Å²) in [6, 6.07) is 11.3. The fourth-order valence-corrected chi connectivity index (χ4v) is 3.70. The summed E-state index contributed by atoms with van der Waals surface area (Å²) < 4.78 is 33.8. The Bertz CT molecular complexity index is 877. The number of aromatic nitrogens is 2. The van der Waals surface area contributed by atoms with Gasteiger partial charge in [-0.25, -0.2) is 13.8 Å². The Kier molecular flexibility index (Phi) is 6.47. The third kappa shape index (κ3) is 5.08. The molecule has 1 N–H and O–H groups in total. The Morgan fingerprint density at radius 2 is 1.78 bits per heavy atom. The lowest BCUT2D eigenvalue weighted by molar-refractivity contribution is 0.269. The van der Waals surface area contributed by atoms with Crippen molar-refractivity contribution in [1.82, 2.24) is 9.55 Å². The van der Waals surface area contributed by atoms with Gasteiger partial charge in [-0.05, 0) is 41.8 Å². The second-order valence-corrected chi connectivity index (χ2v) is 6.95. The standard InChI is InChI=1S/C20H20F2N2O2S/c1-26-19-4-2-14(3-5-19)6-7-24-18(12-25)11-23-20(24)27-13-15-8-16(21)10-17(22)9-15/h2-5,8-11,25H,6-7,12-13H2,1H3. The van der Waals surface area contributed by atoms with Gasteiger partial charge in [0.05, 0.1) is 25.6 Å². The van der Waals surface area contributed by atoms with Gasteiger partial charge in [-0.1, -0.05) is 23.9 Å². The molecular weight excluding hydrogens is 370 g/mol. The van der Waals surface area contributed by atoms with Gasteiger partial charge in [-0.2, -0.15) is 0 Å². The molecule has 3 rings (SSSR count). The molecule has 7 heteroatoms. The van der Waals surface area contributed by atoms with E-state index >= 15 is 0 Å². The Hall–Kier alpha value is -2.38. The number of halogens is 2. The third-order valence-corrected chi connectivity index (χ3v) is 5.20. The summed E-state index contributed by atoms with van der Waals surface area (Å²) in [6.45, 7) is 0.521. The monoisotopic (exact) mass is 390 g/mol. The zero-order chi connectivity index (χ0) is 19.2. The molecule has 0 fully saturated rings. The van der Waals surface area contributed by atoms with E-state index in [2.05, 4.69) is 4.98 Å². The highest BCUT2D eigenvalue weighted by atomic mass is 32.2. The number of hydrogen-bond donors (Lipinski definition) is 1. The van der Waals surface area contributed by atoms with E-state index < -0.39 is 11.6 Å². The normalized spacial score (nSPS) is 11.0. The summed E-state index contributed by atoms with van der Waals surface area (Å²) in [6.07, 6.45) is 2.39. The summed E-state index contributed by atoms with van der Waals surface area (Å²) in [5.74, 6) is 0.00372. The van der Waals surface area contributed by atoms with Gasteiger partial charge in [0, 0.05) is 18.4 Å². The maximum atomic E-state index is 13.3. The summed E-state index contributed by atoms with van der Waals surface area (Å²) in [5, 5.41) is 10.3. The van der Waals surface area contributed by atoms with Gasteiger partial charge in [0.25, 0.3) is 0 Å². The van der Waals surface area contributed by atoms with Crippen molar-refractivity contribution in [3.63, 3.8) is 0 Å². The number of hydrogen-bond acceptors (Lipinski definition) is 4. The van der Waals surface area contributed by atoms with Gasteiger partial charge in [0.1, 0.15) is 17.4 Å². The molecule has 27 heavy (non-hydrogen) atoms. The van der Waals surface area contributed by atoms with Crippen LogP contribution in [0, 0.1) is 11.6 Å². The molecular formula is C20H20F2N2O2S. The van der Waals surface area contributed by atoms with E-state index in [1.165, 1.54) is 23.9 Å². The minimum absolute atomic E-state index is 0.120. The van der Waals surface area contributed by atoms with Crippen LogP contribution in [0.5, 0.6) is 5.75 Å². The average molecular weight is 390 g/mol. The molecule has 0 saturated carbocycles. The van der Waals surface area contributed by atoms with E-state index in [9.17, 15) is 13.9 Å². The highest BCUT2D eigenvalue weighted by Gasteiger charge is 2.11. The maximum absolute atomic E-state index is 13.3. The fourth-order valence-electron chi connectivity index (χ4n) is 2.75. The number of aliphatic hydroxyl groups excluding tert-OH is 1. The third-order valence-electron chi connectivity index (χ3n) is 4.14. The van der Waals surface area contributed by atoms with Gasteiger partial charge in [0.2, 0.25) is 0 Å². The zero-order valence-electron chi connectivity index (χ0n) is 14.9. The molecule has 0 atom stereocenters. The first kappa shape index (κ1) is 19.4. The summed E-state index contributed by atoms with van der Waals surface area (Å²) in [4.78, 5) is 4.34.